The van der Waals surface area contributed by atoms with Crippen molar-refractivity contribution in [3.05, 3.63) is 29.7 Å². The van der Waals surface area contributed by atoms with Gasteiger partial charge < -0.3 is 15.0 Å². The number of methoxy groups -OCH3 is 1. The Morgan fingerprint density at radius 3 is 3.00 bits per heavy atom. The van der Waals surface area contributed by atoms with E-state index in [4.69, 9.17) is 16.3 Å². The molecule has 6 nitrogen and oxygen atoms in total. The molecule has 0 unspecified atom stereocenters. The predicted octanol–water partition coefficient (Wildman–Crippen LogP) is 1.47. The van der Waals surface area contributed by atoms with Crippen molar-refractivity contribution < 1.29 is 4.74 Å². The molecule has 0 saturated heterocycles. The number of imidazole rings is 1. The summed E-state index contributed by atoms with van der Waals surface area (Å²) in [6.45, 7) is 0.511. The molecule has 0 aliphatic rings. The highest BCUT2D eigenvalue weighted by Crippen LogP contribution is 2.28. The topological polar surface area (TPSA) is 75.7 Å². The van der Waals surface area contributed by atoms with Crippen molar-refractivity contribution in [2.24, 2.45) is 0 Å². The Balaban J connectivity index is 2.12. The molecule has 84 valence electrons. The van der Waals surface area contributed by atoms with Gasteiger partial charge in [-0.3, -0.25) is 0 Å². The van der Waals surface area contributed by atoms with Gasteiger partial charge in [0, 0.05) is 12.4 Å². The van der Waals surface area contributed by atoms with Crippen molar-refractivity contribution in [2.75, 3.05) is 12.4 Å². The van der Waals surface area contributed by atoms with E-state index in [9.17, 15) is 0 Å². The van der Waals surface area contributed by atoms with Crippen molar-refractivity contribution in [3.8, 4) is 5.75 Å². The third-order valence-electron chi connectivity index (χ3n) is 1.94. The van der Waals surface area contributed by atoms with Crippen LogP contribution in [0, 0.1) is 0 Å². The number of H-pyrrole nitrogens is 1. The van der Waals surface area contributed by atoms with Gasteiger partial charge in [0.15, 0.2) is 16.7 Å². The van der Waals surface area contributed by atoms with Crippen molar-refractivity contribution in [1.29, 1.82) is 0 Å². The third-order valence-corrected chi connectivity index (χ3v) is 2.21. The fourth-order valence-electron chi connectivity index (χ4n) is 1.22. The van der Waals surface area contributed by atoms with Gasteiger partial charge >= 0.3 is 0 Å². The standard InChI is InChI=1S/C9H10ClN5O/c1-16-7-8(10)14-5-15-9(7)13-4-6-11-2-3-12-6/h2-3,5H,4H2,1H3,(H,11,12)(H,13,14,15). The molecule has 2 rings (SSSR count). The molecule has 16 heavy (non-hydrogen) atoms. The van der Waals surface area contributed by atoms with Crippen LogP contribution >= 0.6 is 11.6 Å². The number of halogens is 1. The molecule has 0 aromatic carbocycles. The van der Waals surface area contributed by atoms with Crippen LogP contribution in [0.5, 0.6) is 5.75 Å². The molecule has 2 N–H and O–H groups in total. The fourth-order valence-corrected chi connectivity index (χ4v) is 1.43. The lowest BCUT2D eigenvalue weighted by Gasteiger charge is -2.09. The van der Waals surface area contributed by atoms with Crippen molar-refractivity contribution in [1.82, 2.24) is 19.9 Å². The molecule has 0 aliphatic heterocycles. The second-order valence-electron chi connectivity index (χ2n) is 2.94. The number of hydrogen-bond acceptors (Lipinski definition) is 5. The van der Waals surface area contributed by atoms with Crippen LogP contribution in [0.4, 0.5) is 5.82 Å². The number of aromatic amines is 1. The number of aromatic nitrogens is 4. The summed E-state index contributed by atoms with van der Waals surface area (Å²) < 4.78 is 5.10. The SMILES string of the molecule is COc1c(Cl)ncnc1NCc1ncc[nH]1. The normalized spacial score (nSPS) is 10.1. The van der Waals surface area contributed by atoms with E-state index in [2.05, 4.69) is 25.3 Å². The van der Waals surface area contributed by atoms with E-state index in [0.717, 1.165) is 5.82 Å². The molecule has 2 heterocycles. The fraction of sp³-hybridized carbons (Fsp3) is 0.222. The monoisotopic (exact) mass is 239 g/mol. The molecule has 0 aliphatic carbocycles. The van der Waals surface area contributed by atoms with Gasteiger partial charge in [-0.15, -0.1) is 0 Å². The Labute approximate surface area is 97.1 Å². The first-order valence-electron chi connectivity index (χ1n) is 4.58. The number of anilines is 1. The molecule has 0 spiro atoms. The molecule has 0 fully saturated rings. The Morgan fingerprint density at radius 2 is 2.31 bits per heavy atom. The summed E-state index contributed by atoms with van der Waals surface area (Å²) in [6, 6.07) is 0. The second kappa shape index (κ2) is 4.80. The lowest BCUT2D eigenvalue weighted by molar-refractivity contribution is 0.413. The summed E-state index contributed by atoms with van der Waals surface area (Å²) in [4.78, 5) is 14.9. The van der Waals surface area contributed by atoms with Crippen LogP contribution < -0.4 is 10.1 Å². The summed E-state index contributed by atoms with van der Waals surface area (Å²) in [7, 11) is 1.52. The Kier molecular flexibility index (Phi) is 3.21. The quantitative estimate of drug-likeness (QED) is 0.791. The van der Waals surface area contributed by atoms with Crippen LogP contribution in [0.15, 0.2) is 18.7 Å². The zero-order valence-corrected chi connectivity index (χ0v) is 9.32. The minimum Gasteiger partial charge on any atom is -0.490 e. The first-order valence-corrected chi connectivity index (χ1v) is 4.95. The Morgan fingerprint density at radius 1 is 1.44 bits per heavy atom. The molecule has 0 saturated carbocycles. The van der Waals surface area contributed by atoms with E-state index < -0.39 is 0 Å². The van der Waals surface area contributed by atoms with Crippen molar-refractivity contribution >= 4 is 17.4 Å². The number of hydrogen-bond donors (Lipinski definition) is 2. The molecular formula is C9H10ClN5O. The highest BCUT2D eigenvalue weighted by atomic mass is 35.5. The second-order valence-corrected chi connectivity index (χ2v) is 3.29. The van der Waals surface area contributed by atoms with Crippen LogP contribution in [0.2, 0.25) is 5.15 Å². The summed E-state index contributed by atoms with van der Waals surface area (Å²) >= 11 is 5.85. The van der Waals surface area contributed by atoms with Crippen LogP contribution in [-0.2, 0) is 6.54 Å². The summed E-state index contributed by atoms with van der Waals surface area (Å²) in [5, 5.41) is 3.33. The average Bonchev–Trinajstić information content (AvgIpc) is 2.79. The number of rotatable bonds is 4. The lowest BCUT2D eigenvalue weighted by atomic mass is 10.5. The van der Waals surface area contributed by atoms with E-state index in [1.54, 1.807) is 12.4 Å². The first kappa shape index (κ1) is 10.7. The third kappa shape index (κ3) is 2.22. The van der Waals surface area contributed by atoms with Gasteiger partial charge in [-0.1, -0.05) is 11.6 Å². The van der Waals surface area contributed by atoms with Gasteiger partial charge in [0.25, 0.3) is 0 Å². The smallest absolute Gasteiger partial charge is 0.198 e. The zero-order valence-electron chi connectivity index (χ0n) is 8.57. The maximum Gasteiger partial charge on any atom is 0.198 e. The average molecular weight is 240 g/mol. The molecule has 2 aromatic heterocycles. The Bertz CT molecular complexity index is 459. The highest BCUT2D eigenvalue weighted by molar-refractivity contribution is 6.31. The van der Waals surface area contributed by atoms with Crippen LogP contribution in [0.25, 0.3) is 0 Å². The summed E-state index contributed by atoms with van der Waals surface area (Å²) in [5.74, 6) is 1.77. The maximum atomic E-state index is 5.85. The van der Waals surface area contributed by atoms with Gasteiger partial charge in [-0.25, -0.2) is 15.0 Å². The molecule has 7 heteroatoms. The van der Waals surface area contributed by atoms with Crippen LogP contribution in [0.3, 0.4) is 0 Å². The van der Waals surface area contributed by atoms with Crippen LogP contribution in [0.1, 0.15) is 5.82 Å². The molecule has 0 amide bonds. The molecular weight excluding hydrogens is 230 g/mol. The lowest BCUT2D eigenvalue weighted by Crippen LogP contribution is -2.05. The van der Waals surface area contributed by atoms with Gasteiger partial charge in [-0.2, -0.15) is 0 Å². The van der Waals surface area contributed by atoms with E-state index >= 15 is 0 Å². The van der Waals surface area contributed by atoms with E-state index in [1.165, 1.54) is 13.4 Å². The van der Waals surface area contributed by atoms with E-state index in [-0.39, 0.29) is 5.15 Å². The maximum absolute atomic E-state index is 5.85. The summed E-state index contributed by atoms with van der Waals surface area (Å²) in [5.41, 5.74) is 0. The predicted molar refractivity (Wildman–Crippen MR) is 59.5 cm³/mol. The minimum absolute atomic E-state index is 0.277. The Hall–Kier alpha value is -1.82. The number of nitrogens with one attached hydrogen (secondary N) is 2. The first-order chi connectivity index (χ1) is 7.81. The van der Waals surface area contributed by atoms with E-state index in [1.807, 2.05) is 0 Å². The summed E-state index contributed by atoms with van der Waals surface area (Å²) in [6.07, 6.45) is 4.80. The minimum atomic E-state index is 0.277. The molecule has 0 bridgehead atoms. The zero-order chi connectivity index (χ0) is 11.4. The molecule has 0 radical (unpaired) electrons. The molecule has 0 atom stereocenters. The van der Waals surface area contributed by atoms with Crippen LogP contribution in [-0.4, -0.2) is 27.0 Å². The van der Waals surface area contributed by atoms with Gasteiger partial charge in [0.2, 0.25) is 0 Å². The van der Waals surface area contributed by atoms with Gasteiger partial charge in [-0.05, 0) is 0 Å². The largest absolute Gasteiger partial charge is 0.490 e. The van der Waals surface area contributed by atoms with E-state index in [0.29, 0.717) is 18.1 Å². The van der Waals surface area contributed by atoms with Gasteiger partial charge in [0.05, 0.1) is 13.7 Å². The van der Waals surface area contributed by atoms with Crippen molar-refractivity contribution in [2.45, 2.75) is 6.54 Å². The number of nitrogens with zero attached hydrogens (tertiary/aromatic N) is 3. The van der Waals surface area contributed by atoms with Gasteiger partial charge in [0.1, 0.15) is 12.2 Å². The highest BCUT2D eigenvalue weighted by Gasteiger charge is 2.09. The van der Waals surface area contributed by atoms with Crippen molar-refractivity contribution in [3.63, 3.8) is 0 Å². The molecule has 2 aromatic rings. The number of ether oxygens (including phenoxy) is 1.